The van der Waals surface area contributed by atoms with Crippen molar-refractivity contribution < 1.29 is 28.4 Å². The maximum atomic E-state index is 12.7. The summed E-state index contributed by atoms with van der Waals surface area (Å²) < 4.78 is 23.2. The highest BCUT2D eigenvalue weighted by molar-refractivity contribution is 7.55. The van der Waals surface area contributed by atoms with Crippen LogP contribution in [0.4, 0.5) is 0 Å². The van der Waals surface area contributed by atoms with Gasteiger partial charge in [-0.25, -0.2) is 14.3 Å². The lowest BCUT2D eigenvalue weighted by atomic mass is 10.2. The van der Waals surface area contributed by atoms with E-state index in [0.717, 1.165) is 0 Å². The largest absolute Gasteiger partial charge is 0.623 e. The molecule has 0 radical (unpaired) electrons. The SMILES string of the molecule is CCCOOP(=O)(OOCCC)C1(C)CCC=[N+]1[O-]. The van der Waals surface area contributed by atoms with Crippen LogP contribution < -0.4 is 0 Å². The lowest BCUT2D eigenvalue weighted by Gasteiger charge is -2.28. The molecule has 0 bridgehead atoms. The quantitative estimate of drug-likeness (QED) is 0.162. The van der Waals surface area contributed by atoms with E-state index >= 15 is 0 Å². The van der Waals surface area contributed by atoms with Crippen LogP contribution in [-0.2, 0) is 23.7 Å². The normalized spacial score (nSPS) is 23.6. The molecular weight excluding hydrogens is 273 g/mol. The molecule has 1 rings (SSSR count). The predicted octanol–water partition coefficient (Wildman–Crippen LogP) is 2.99. The molecule has 112 valence electrons. The molecule has 19 heavy (non-hydrogen) atoms. The fraction of sp³-hybridized carbons (Fsp3) is 0.909. The molecule has 1 unspecified atom stereocenters. The smallest absolute Gasteiger partial charge is 0.455 e. The minimum Gasteiger partial charge on any atom is -0.623 e. The molecule has 8 heteroatoms. The lowest BCUT2D eigenvalue weighted by Crippen LogP contribution is -2.34. The van der Waals surface area contributed by atoms with E-state index in [1.54, 1.807) is 0 Å². The van der Waals surface area contributed by atoms with Crippen molar-refractivity contribution in [1.29, 1.82) is 0 Å². The fourth-order valence-corrected chi connectivity index (χ4v) is 3.07. The summed E-state index contributed by atoms with van der Waals surface area (Å²) >= 11 is 0. The van der Waals surface area contributed by atoms with Crippen LogP contribution in [0.5, 0.6) is 0 Å². The van der Waals surface area contributed by atoms with Crippen LogP contribution in [0.1, 0.15) is 46.5 Å². The van der Waals surface area contributed by atoms with Crippen molar-refractivity contribution in [3.8, 4) is 0 Å². The monoisotopic (exact) mass is 295 g/mol. The maximum absolute atomic E-state index is 12.7. The van der Waals surface area contributed by atoms with Gasteiger partial charge in [-0.2, -0.15) is 4.74 Å². The molecule has 7 nitrogen and oxygen atoms in total. The summed E-state index contributed by atoms with van der Waals surface area (Å²) in [4.78, 5) is 9.71. The average molecular weight is 295 g/mol. The highest BCUT2D eigenvalue weighted by Crippen LogP contribution is 2.63. The van der Waals surface area contributed by atoms with Gasteiger partial charge in [0.1, 0.15) is 0 Å². The molecule has 0 spiro atoms. The second-order valence-corrected chi connectivity index (χ2v) is 6.81. The van der Waals surface area contributed by atoms with Crippen molar-refractivity contribution in [2.45, 2.75) is 51.7 Å². The Bertz CT molecular complexity index is 347. The summed E-state index contributed by atoms with van der Waals surface area (Å²) in [5.74, 6) is 0. The zero-order chi connectivity index (χ0) is 14.4. The van der Waals surface area contributed by atoms with Crippen LogP contribution in [-0.4, -0.2) is 29.4 Å². The van der Waals surface area contributed by atoms with Crippen molar-refractivity contribution in [3.05, 3.63) is 5.21 Å². The number of hydrogen-bond acceptors (Lipinski definition) is 6. The first-order valence-electron chi connectivity index (χ1n) is 6.52. The Balaban J connectivity index is 2.78. The Morgan fingerprint density at radius 1 is 1.26 bits per heavy atom. The Hall–Kier alpha value is -0.460. The van der Waals surface area contributed by atoms with Crippen molar-refractivity contribution in [1.82, 2.24) is 0 Å². The molecule has 0 saturated heterocycles. The summed E-state index contributed by atoms with van der Waals surface area (Å²) in [6.45, 7) is 5.82. The summed E-state index contributed by atoms with van der Waals surface area (Å²) in [6.07, 6.45) is 3.68. The Kier molecular flexibility index (Phi) is 6.42. The van der Waals surface area contributed by atoms with E-state index in [1.807, 2.05) is 13.8 Å². The van der Waals surface area contributed by atoms with Gasteiger partial charge in [0.2, 0.25) is 0 Å². The number of hydrogen-bond donors (Lipinski definition) is 0. The van der Waals surface area contributed by atoms with Crippen LogP contribution >= 0.6 is 7.60 Å². The summed E-state index contributed by atoms with van der Waals surface area (Å²) in [5, 5.41) is 10.5. The van der Waals surface area contributed by atoms with Gasteiger partial charge < -0.3 is 5.21 Å². The van der Waals surface area contributed by atoms with Gasteiger partial charge in [-0.15, -0.1) is 9.35 Å². The van der Waals surface area contributed by atoms with Gasteiger partial charge in [0.15, 0.2) is 6.21 Å². The maximum Gasteiger partial charge on any atom is 0.455 e. The molecule has 0 saturated carbocycles. The van der Waals surface area contributed by atoms with Crippen LogP contribution in [0.3, 0.4) is 0 Å². The molecule has 1 atom stereocenters. The van der Waals surface area contributed by atoms with E-state index in [-0.39, 0.29) is 13.2 Å². The highest BCUT2D eigenvalue weighted by Gasteiger charge is 2.59. The molecule has 1 aliphatic rings. The Morgan fingerprint density at radius 2 is 1.79 bits per heavy atom. The van der Waals surface area contributed by atoms with Crippen molar-refractivity contribution >= 4 is 13.8 Å². The van der Waals surface area contributed by atoms with E-state index < -0.39 is 12.9 Å². The summed E-state index contributed by atoms with van der Waals surface area (Å²) in [5.41, 5.74) is 0. The summed E-state index contributed by atoms with van der Waals surface area (Å²) in [7, 11) is -3.86. The van der Waals surface area contributed by atoms with Crippen molar-refractivity contribution in [2.75, 3.05) is 13.2 Å². The van der Waals surface area contributed by atoms with Crippen LogP contribution in [0.2, 0.25) is 0 Å². The van der Waals surface area contributed by atoms with E-state index in [9.17, 15) is 9.77 Å². The van der Waals surface area contributed by atoms with Gasteiger partial charge in [-0.05, 0) is 12.8 Å². The third-order valence-corrected chi connectivity index (χ3v) is 5.06. The molecule has 1 aliphatic heterocycles. The topological polar surface area (TPSA) is 80.1 Å². The van der Waals surface area contributed by atoms with Crippen molar-refractivity contribution in [3.63, 3.8) is 0 Å². The van der Waals surface area contributed by atoms with Crippen molar-refractivity contribution in [2.24, 2.45) is 0 Å². The molecule has 0 N–H and O–H groups in total. The molecule has 0 aromatic carbocycles. The first-order chi connectivity index (χ1) is 9.00. The van der Waals surface area contributed by atoms with E-state index in [4.69, 9.17) is 19.1 Å². The number of hydroxylamine groups is 1. The van der Waals surface area contributed by atoms with Crippen LogP contribution in [0.15, 0.2) is 0 Å². The number of rotatable bonds is 9. The van der Waals surface area contributed by atoms with E-state index in [1.165, 1.54) is 13.1 Å². The van der Waals surface area contributed by atoms with Gasteiger partial charge >= 0.3 is 7.60 Å². The minimum atomic E-state index is -3.86. The molecule has 0 fully saturated rings. The Labute approximate surface area is 113 Å². The molecule has 0 aromatic heterocycles. The third kappa shape index (κ3) is 3.77. The standard InChI is InChI=1S/C11H22NO6P/c1-4-9-15-17-19(14,18-16-10-5-2)11(3)7-6-8-12(11)13/h8H,4-7,9-10H2,1-3H3. The van der Waals surface area contributed by atoms with Gasteiger partial charge in [-0.1, -0.05) is 13.8 Å². The second-order valence-electron chi connectivity index (χ2n) is 4.55. The first kappa shape index (κ1) is 16.6. The zero-order valence-corrected chi connectivity index (χ0v) is 12.6. The lowest BCUT2D eigenvalue weighted by molar-refractivity contribution is -0.512. The average Bonchev–Trinajstić information content (AvgIpc) is 2.72. The zero-order valence-electron chi connectivity index (χ0n) is 11.7. The van der Waals surface area contributed by atoms with E-state index in [0.29, 0.717) is 30.4 Å². The Morgan fingerprint density at radius 3 is 2.16 bits per heavy atom. The fourth-order valence-electron chi connectivity index (χ4n) is 1.57. The molecule has 0 aromatic rings. The van der Waals surface area contributed by atoms with Gasteiger partial charge in [0, 0.05) is 19.8 Å². The van der Waals surface area contributed by atoms with E-state index in [2.05, 4.69) is 0 Å². The van der Waals surface area contributed by atoms with Gasteiger partial charge in [0.25, 0.3) is 5.28 Å². The molecule has 0 amide bonds. The van der Waals surface area contributed by atoms with Gasteiger partial charge in [0.05, 0.1) is 13.2 Å². The highest BCUT2D eigenvalue weighted by atomic mass is 31.2. The molecule has 0 aliphatic carbocycles. The number of nitrogens with zero attached hydrogens (tertiary/aromatic N) is 1. The van der Waals surface area contributed by atoms with Gasteiger partial charge in [-0.3, -0.25) is 0 Å². The molecule has 1 heterocycles. The van der Waals surface area contributed by atoms with Crippen LogP contribution in [0.25, 0.3) is 0 Å². The summed E-state index contributed by atoms with van der Waals surface area (Å²) in [6, 6.07) is 0. The second kappa shape index (κ2) is 7.36. The first-order valence-corrected chi connectivity index (χ1v) is 8.07. The third-order valence-electron chi connectivity index (χ3n) is 2.85. The predicted molar refractivity (Wildman–Crippen MR) is 69.6 cm³/mol. The van der Waals surface area contributed by atoms with Crippen LogP contribution in [0, 0.1) is 5.21 Å². The molecular formula is C11H22NO6P. The minimum absolute atomic E-state index is 0.264.